The van der Waals surface area contributed by atoms with E-state index in [0.29, 0.717) is 16.1 Å². The molecule has 3 heterocycles. The third-order valence-electron chi connectivity index (χ3n) is 5.84. The Morgan fingerprint density at radius 2 is 2.00 bits per heavy atom. The van der Waals surface area contributed by atoms with E-state index in [1.165, 1.54) is 29.7 Å². The number of rotatable bonds is 4. The van der Waals surface area contributed by atoms with Crippen LogP contribution in [0.15, 0.2) is 57.7 Å². The van der Waals surface area contributed by atoms with Crippen LogP contribution < -0.4 is 10.9 Å². The van der Waals surface area contributed by atoms with Crippen LogP contribution in [0, 0.1) is 5.92 Å². The maximum atomic E-state index is 12.7. The fourth-order valence-electron chi connectivity index (χ4n) is 3.98. The van der Waals surface area contributed by atoms with E-state index in [1.54, 1.807) is 24.3 Å². The van der Waals surface area contributed by atoms with Gasteiger partial charge in [0.1, 0.15) is 11.1 Å². The average Bonchev–Trinajstić information content (AvgIpc) is 3.16. The average molecular weight is 434 g/mol. The second-order valence-electron chi connectivity index (χ2n) is 8.22. The Bertz CT molecular complexity index is 1320. The molecule has 1 amide bonds. The summed E-state index contributed by atoms with van der Waals surface area (Å²) in [6, 6.07) is 14.9. The number of aromatic nitrogens is 1. The molecule has 0 bridgehead atoms. The number of likely N-dealkylation sites (tertiary alicyclic amines) is 1. The van der Waals surface area contributed by atoms with E-state index in [1.807, 2.05) is 12.1 Å². The van der Waals surface area contributed by atoms with Gasteiger partial charge < -0.3 is 4.42 Å². The molecule has 5 rings (SSSR count). The number of benzene rings is 2. The van der Waals surface area contributed by atoms with Crippen LogP contribution in [0.1, 0.15) is 35.7 Å². The lowest BCUT2D eigenvalue weighted by Crippen LogP contribution is -2.32. The van der Waals surface area contributed by atoms with Crippen molar-refractivity contribution < 1.29 is 9.21 Å². The van der Waals surface area contributed by atoms with Gasteiger partial charge in [0.25, 0.3) is 5.91 Å². The molecule has 31 heavy (non-hydrogen) atoms. The fraction of sp³-hybridized carbons (Fsp3) is 0.292. The van der Waals surface area contributed by atoms with Gasteiger partial charge in [-0.3, -0.25) is 15.0 Å². The predicted octanol–water partition coefficient (Wildman–Crippen LogP) is 4.89. The molecule has 7 heteroatoms. The van der Waals surface area contributed by atoms with E-state index < -0.39 is 11.5 Å². The Balaban J connectivity index is 1.34. The number of amides is 1. The number of thiazole rings is 1. The topological polar surface area (TPSA) is 75.4 Å². The molecule has 1 aliphatic heterocycles. The third-order valence-corrected chi connectivity index (χ3v) is 6.78. The molecule has 0 radical (unpaired) electrons. The normalized spacial score (nSPS) is 15.5. The van der Waals surface area contributed by atoms with Crippen LogP contribution in [0.5, 0.6) is 0 Å². The lowest BCUT2D eigenvalue weighted by molar-refractivity contribution is 0.102. The fourth-order valence-corrected chi connectivity index (χ4v) is 4.91. The summed E-state index contributed by atoms with van der Waals surface area (Å²) in [6.45, 7) is 5.52. The van der Waals surface area contributed by atoms with Crippen LogP contribution in [-0.4, -0.2) is 28.9 Å². The Morgan fingerprint density at radius 3 is 2.84 bits per heavy atom. The molecule has 2 aromatic carbocycles. The molecule has 0 unspecified atom stereocenters. The van der Waals surface area contributed by atoms with Gasteiger partial charge in [-0.2, -0.15) is 0 Å². The highest BCUT2D eigenvalue weighted by molar-refractivity contribution is 7.22. The van der Waals surface area contributed by atoms with Crippen molar-refractivity contribution >= 4 is 43.6 Å². The van der Waals surface area contributed by atoms with E-state index in [-0.39, 0.29) is 5.56 Å². The lowest BCUT2D eigenvalue weighted by Gasteiger charge is -2.30. The molecule has 4 aromatic rings. The number of anilines is 1. The minimum Gasteiger partial charge on any atom is -0.422 e. The van der Waals surface area contributed by atoms with Crippen LogP contribution in [0.25, 0.3) is 21.2 Å². The summed E-state index contributed by atoms with van der Waals surface area (Å²) in [6.07, 6.45) is 2.50. The quantitative estimate of drug-likeness (QED) is 0.464. The first-order chi connectivity index (χ1) is 15.0. The molecule has 1 N–H and O–H groups in total. The number of nitrogens with zero attached hydrogens (tertiary/aromatic N) is 2. The first-order valence-electron chi connectivity index (χ1n) is 10.5. The minimum atomic E-state index is -0.657. The molecule has 158 valence electrons. The highest BCUT2D eigenvalue weighted by Crippen LogP contribution is 2.28. The standard InChI is InChI=1S/C24H23N3O3S/c1-15-8-10-27(11-9-15)14-16-6-7-19-21(12-16)31-24(25-19)26-22(28)18-13-17-4-2-3-5-20(17)30-23(18)29/h2-7,12-13,15H,8-11,14H2,1H3,(H,25,26,28). The van der Waals surface area contributed by atoms with Crippen LogP contribution in [0.2, 0.25) is 0 Å². The van der Waals surface area contributed by atoms with Gasteiger partial charge in [-0.25, -0.2) is 9.78 Å². The highest BCUT2D eigenvalue weighted by Gasteiger charge is 2.18. The number of fused-ring (bicyclic) bond motifs is 2. The van der Waals surface area contributed by atoms with Crippen molar-refractivity contribution in [3.8, 4) is 0 Å². The molecular weight excluding hydrogens is 410 g/mol. The van der Waals surface area contributed by atoms with Gasteiger partial charge in [0.2, 0.25) is 0 Å². The second-order valence-corrected chi connectivity index (χ2v) is 9.25. The van der Waals surface area contributed by atoms with Crippen LogP contribution >= 0.6 is 11.3 Å². The number of piperidine rings is 1. The summed E-state index contributed by atoms with van der Waals surface area (Å²) >= 11 is 1.41. The van der Waals surface area contributed by atoms with Gasteiger partial charge in [0.15, 0.2) is 5.13 Å². The summed E-state index contributed by atoms with van der Waals surface area (Å²) in [5.41, 5.74) is 1.86. The van der Waals surface area contributed by atoms with Crippen molar-refractivity contribution in [1.82, 2.24) is 9.88 Å². The molecule has 1 saturated heterocycles. The zero-order valence-electron chi connectivity index (χ0n) is 17.3. The zero-order chi connectivity index (χ0) is 21.4. The molecule has 1 aliphatic rings. The van der Waals surface area contributed by atoms with Crippen molar-refractivity contribution in [2.24, 2.45) is 5.92 Å². The molecule has 2 aromatic heterocycles. The molecule has 0 spiro atoms. The second kappa shape index (κ2) is 8.24. The largest absolute Gasteiger partial charge is 0.422 e. The summed E-state index contributed by atoms with van der Waals surface area (Å²) < 4.78 is 6.28. The van der Waals surface area contributed by atoms with Gasteiger partial charge in [0, 0.05) is 11.9 Å². The Kier molecular flexibility index (Phi) is 5.29. The Hall–Kier alpha value is -3.03. The molecule has 0 saturated carbocycles. The molecule has 6 nitrogen and oxygen atoms in total. The number of hydrogen-bond acceptors (Lipinski definition) is 6. The van der Waals surface area contributed by atoms with Gasteiger partial charge in [-0.15, -0.1) is 0 Å². The highest BCUT2D eigenvalue weighted by atomic mass is 32.1. The first-order valence-corrected chi connectivity index (χ1v) is 11.3. The summed E-state index contributed by atoms with van der Waals surface area (Å²) in [5.74, 6) is 0.303. The number of hydrogen-bond donors (Lipinski definition) is 1. The first kappa shape index (κ1) is 19.9. The summed E-state index contributed by atoms with van der Waals surface area (Å²) in [4.78, 5) is 31.9. The number of nitrogens with one attached hydrogen (secondary N) is 1. The molecule has 0 atom stereocenters. The van der Waals surface area contributed by atoms with E-state index in [9.17, 15) is 9.59 Å². The van der Waals surface area contributed by atoms with E-state index in [4.69, 9.17) is 4.42 Å². The van der Waals surface area contributed by atoms with Crippen molar-refractivity contribution in [2.45, 2.75) is 26.3 Å². The Morgan fingerprint density at radius 1 is 1.19 bits per heavy atom. The van der Waals surface area contributed by atoms with E-state index in [0.717, 1.165) is 35.8 Å². The molecular formula is C24H23N3O3S. The van der Waals surface area contributed by atoms with Gasteiger partial charge in [0.05, 0.1) is 10.2 Å². The number of para-hydroxylation sites is 1. The molecule has 1 fully saturated rings. The van der Waals surface area contributed by atoms with Gasteiger partial charge >= 0.3 is 5.63 Å². The third kappa shape index (κ3) is 4.24. The van der Waals surface area contributed by atoms with Crippen molar-refractivity contribution in [2.75, 3.05) is 18.4 Å². The minimum absolute atomic E-state index is 0.0297. The number of carbonyl (C=O) groups excluding carboxylic acids is 1. The smallest absolute Gasteiger partial charge is 0.349 e. The van der Waals surface area contributed by atoms with E-state index >= 15 is 0 Å². The van der Waals surface area contributed by atoms with Crippen LogP contribution in [0.4, 0.5) is 5.13 Å². The maximum absolute atomic E-state index is 12.7. The summed E-state index contributed by atoms with van der Waals surface area (Å²) in [5, 5.41) is 3.93. The Labute approximate surface area is 183 Å². The van der Waals surface area contributed by atoms with Gasteiger partial charge in [-0.1, -0.05) is 42.5 Å². The van der Waals surface area contributed by atoms with E-state index in [2.05, 4.69) is 34.3 Å². The monoisotopic (exact) mass is 433 g/mol. The zero-order valence-corrected chi connectivity index (χ0v) is 18.1. The SMILES string of the molecule is CC1CCN(Cc2ccc3nc(NC(=O)c4cc5ccccc5oc4=O)sc3c2)CC1. The maximum Gasteiger partial charge on any atom is 0.349 e. The predicted molar refractivity (Wildman–Crippen MR) is 124 cm³/mol. The van der Waals surface area contributed by atoms with Crippen LogP contribution in [-0.2, 0) is 6.54 Å². The lowest BCUT2D eigenvalue weighted by atomic mass is 9.99. The van der Waals surface area contributed by atoms with Crippen molar-refractivity contribution in [1.29, 1.82) is 0 Å². The number of carbonyl (C=O) groups is 1. The van der Waals surface area contributed by atoms with Gasteiger partial charge in [-0.05, 0) is 61.7 Å². The van der Waals surface area contributed by atoms with Crippen molar-refractivity contribution in [3.63, 3.8) is 0 Å². The van der Waals surface area contributed by atoms with Crippen molar-refractivity contribution in [3.05, 3.63) is 70.1 Å². The summed E-state index contributed by atoms with van der Waals surface area (Å²) in [7, 11) is 0. The van der Waals surface area contributed by atoms with Crippen LogP contribution in [0.3, 0.4) is 0 Å². The molecule has 0 aliphatic carbocycles.